The van der Waals surface area contributed by atoms with Gasteiger partial charge in [-0.25, -0.2) is 0 Å². The summed E-state index contributed by atoms with van der Waals surface area (Å²) < 4.78 is 7.19. The second kappa shape index (κ2) is 5.23. The van der Waals surface area contributed by atoms with Gasteiger partial charge in [0.05, 0.1) is 10.5 Å². The highest BCUT2D eigenvalue weighted by Crippen LogP contribution is 2.38. The molecule has 0 aliphatic heterocycles. The van der Waals surface area contributed by atoms with E-state index in [1.54, 1.807) is 0 Å². The maximum atomic E-state index is 6.14. The van der Waals surface area contributed by atoms with E-state index in [9.17, 15) is 0 Å². The fourth-order valence-electron chi connectivity index (χ4n) is 2.79. The second-order valence-electron chi connectivity index (χ2n) is 5.16. The van der Waals surface area contributed by atoms with Gasteiger partial charge in [-0.05, 0) is 53.2 Å². The lowest BCUT2D eigenvalue weighted by molar-refractivity contribution is 0.455. The van der Waals surface area contributed by atoms with E-state index in [1.807, 2.05) is 0 Å². The molecule has 0 amide bonds. The molecule has 0 saturated carbocycles. The zero-order valence-electron chi connectivity index (χ0n) is 12.0. The lowest BCUT2D eigenvalue weighted by Gasteiger charge is -2.09. The van der Waals surface area contributed by atoms with E-state index in [0.29, 0.717) is 0 Å². The lowest BCUT2D eigenvalue weighted by atomic mass is 10.0. The Balaban J connectivity index is 2.30. The zero-order chi connectivity index (χ0) is 14.3. The molecule has 2 nitrogen and oxygen atoms in total. The second-order valence-corrected chi connectivity index (χ2v) is 5.95. The molecule has 0 bridgehead atoms. The minimum atomic E-state index is 0.224. The third-order valence-electron chi connectivity index (χ3n) is 3.83. The van der Waals surface area contributed by atoms with E-state index < -0.39 is 0 Å². The molecule has 104 valence electrons. The number of nitrogens with one attached hydrogen (secondary N) is 1. The van der Waals surface area contributed by atoms with E-state index in [2.05, 4.69) is 72.3 Å². The standard InChI is InChI=1S/C17H18BrNO/c1-4-19-11(3)16-10(2)14-9-12-7-5-6-8-13(12)15(18)17(14)20-16/h5-9,11,19H,4H2,1-3H3. The van der Waals surface area contributed by atoms with Gasteiger partial charge in [0.1, 0.15) is 11.3 Å². The zero-order valence-corrected chi connectivity index (χ0v) is 13.5. The minimum Gasteiger partial charge on any atom is -0.458 e. The van der Waals surface area contributed by atoms with Gasteiger partial charge in [-0.3, -0.25) is 0 Å². The summed E-state index contributed by atoms with van der Waals surface area (Å²) in [6.07, 6.45) is 0. The molecule has 1 unspecified atom stereocenters. The Labute approximate surface area is 127 Å². The molecule has 1 heterocycles. The van der Waals surface area contributed by atoms with Gasteiger partial charge in [0.15, 0.2) is 0 Å². The van der Waals surface area contributed by atoms with E-state index >= 15 is 0 Å². The first-order valence-corrected chi connectivity index (χ1v) is 7.76. The quantitative estimate of drug-likeness (QED) is 0.701. The highest BCUT2D eigenvalue weighted by molar-refractivity contribution is 9.10. The van der Waals surface area contributed by atoms with Crippen molar-refractivity contribution in [3.63, 3.8) is 0 Å². The molecule has 0 radical (unpaired) electrons. The van der Waals surface area contributed by atoms with Crippen molar-refractivity contribution in [1.82, 2.24) is 5.32 Å². The van der Waals surface area contributed by atoms with Crippen molar-refractivity contribution < 1.29 is 4.42 Å². The molecule has 1 N–H and O–H groups in total. The average molecular weight is 332 g/mol. The van der Waals surface area contributed by atoms with Crippen LogP contribution in [0.5, 0.6) is 0 Å². The number of furan rings is 1. The highest BCUT2D eigenvalue weighted by atomic mass is 79.9. The molecule has 0 spiro atoms. The van der Waals surface area contributed by atoms with Crippen LogP contribution in [0.25, 0.3) is 21.7 Å². The number of benzene rings is 2. The molecule has 1 aromatic heterocycles. The van der Waals surface area contributed by atoms with Crippen LogP contribution in [0.15, 0.2) is 39.2 Å². The molecule has 3 rings (SSSR count). The van der Waals surface area contributed by atoms with Crippen LogP contribution < -0.4 is 5.32 Å². The van der Waals surface area contributed by atoms with Crippen LogP contribution in [0, 0.1) is 6.92 Å². The predicted octanol–water partition coefficient (Wildman–Crippen LogP) is 5.33. The molecule has 0 saturated heterocycles. The van der Waals surface area contributed by atoms with E-state index in [0.717, 1.165) is 22.4 Å². The third-order valence-corrected chi connectivity index (χ3v) is 4.62. The molecular weight excluding hydrogens is 314 g/mol. The number of fused-ring (bicyclic) bond motifs is 2. The van der Waals surface area contributed by atoms with Crippen molar-refractivity contribution in [3.8, 4) is 0 Å². The Kier molecular flexibility index (Phi) is 3.57. The van der Waals surface area contributed by atoms with Crippen LogP contribution in [0.4, 0.5) is 0 Å². The van der Waals surface area contributed by atoms with Crippen LogP contribution in [0.1, 0.15) is 31.2 Å². The summed E-state index contributed by atoms with van der Waals surface area (Å²) in [6, 6.07) is 10.8. The first-order valence-electron chi connectivity index (χ1n) is 6.97. The number of hydrogen-bond donors (Lipinski definition) is 1. The van der Waals surface area contributed by atoms with Crippen molar-refractivity contribution in [2.75, 3.05) is 6.54 Å². The van der Waals surface area contributed by atoms with Crippen LogP contribution in [0.3, 0.4) is 0 Å². The van der Waals surface area contributed by atoms with Gasteiger partial charge >= 0.3 is 0 Å². The Bertz CT molecular complexity index is 775. The molecule has 0 aliphatic carbocycles. The molecule has 1 atom stereocenters. The van der Waals surface area contributed by atoms with Crippen LogP contribution >= 0.6 is 15.9 Å². The number of halogens is 1. The van der Waals surface area contributed by atoms with Crippen molar-refractivity contribution in [2.45, 2.75) is 26.8 Å². The first kappa shape index (κ1) is 13.7. The van der Waals surface area contributed by atoms with Gasteiger partial charge in [-0.15, -0.1) is 0 Å². The number of aryl methyl sites for hydroxylation is 1. The number of hydrogen-bond acceptors (Lipinski definition) is 2. The summed E-state index contributed by atoms with van der Waals surface area (Å²) in [4.78, 5) is 0. The van der Waals surface area contributed by atoms with Crippen LogP contribution in [-0.2, 0) is 0 Å². The number of rotatable bonds is 3. The Morgan fingerprint density at radius 1 is 1.25 bits per heavy atom. The summed E-state index contributed by atoms with van der Waals surface area (Å²) in [5, 5.41) is 7.03. The van der Waals surface area contributed by atoms with Crippen molar-refractivity contribution >= 4 is 37.7 Å². The SMILES string of the molecule is CCNC(C)c1oc2c(Br)c3ccccc3cc2c1C. The fourth-order valence-corrected chi connectivity index (χ4v) is 3.45. The third kappa shape index (κ3) is 2.05. The average Bonchev–Trinajstić information content (AvgIpc) is 2.78. The predicted molar refractivity (Wildman–Crippen MR) is 88.2 cm³/mol. The largest absolute Gasteiger partial charge is 0.458 e. The Morgan fingerprint density at radius 2 is 2.00 bits per heavy atom. The van der Waals surface area contributed by atoms with Crippen molar-refractivity contribution in [1.29, 1.82) is 0 Å². The smallest absolute Gasteiger partial charge is 0.149 e. The van der Waals surface area contributed by atoms with Gasteiger partial charge < -0.3 is 9.73 Å². The fraction of sp³-hybridized carbons (Fsp3) is 0.294. The van der Waals surface area contributed by atoms with Gasteiger partial charge in [0.2, 0.25) is 0 Å². The first-order chi connectivity index (χ1) is 9.63. The maximum Gasteiger partial charge on any atom is 0.149 e. The molecule has 2 aromatic carbocycles. The van der Waals surface area contributed by atoms with Crippen LogP contribution in [0.2, 0.25) is 0 Å². The molecule has 3 heteroatoms. The van der Waals surface area contributed by atoms with Crippen LogP contribution in [-0.4, -0.2) is 6.54 Å². The van der Waals surface area contributed by atoms with Gasteiger partial charge in [-0.2, -0.15) is 0 Å². The van der Waals surface area contributed by atoms with Gasteiger partial charge in [0.25, 0.3) is 0 Å². The molecule has 0 aliphatic rings. The lowest BCUT2D eigenvalue weighted by Crippen LogP contribution is -2.17. The minimum absolute atomic E-state index is 0.224. The van der Waals surface area contributed by atoms with E-state index in [1.165, 1.54) is 21.7 Å². The molecule has 20 heavy (non-hydrogen) atoms. The van der Waals surface area contributed by atoms with Gasteiger partial charge in [-0.1, -0.05) is 31.2 Å². The van der Waals surface area contributed by atoms with Crippen molar-refractivity contribution in [3.05, 3.63) is 46.1 Å². The summed E-state index contributed by atoms with van der Waals surface area (Å²) in [6.45, 7) is 7.32. The Hall–Kier alpha value is -1.32. The highest BCUT2D eigenvalue weighted by Gasteiger charge is 2.18. The van der Waals surface area contributed by atoms with Gasteiger partial charge in [0, 0.05) is 10.9 Å². The molecular formula is C17H18BrNO. The van der Waals surface area contributed by atoms with E-state index in [4.69, 9.17) is 4.42 Å². The molecule has 0 fully saturated rings. The summed E-state index contributed by atoms with van der Waals surface area (Å²) in [7, 11) is 0. The van der Waals surface area contributed by atoms with Crippen molar-refractivity contribution in [2.24, 2.45) is 0 Å². The maximum absolute atomic E-state index is 6.14. The summed E-state index contributed by atoms with van der Waals surface area (Å²) in [5.74, 6) is 1.03. The molecule has 3 aromatic rings. The topological polar surface area (TPSA) is 25.2 Å². The normalized spacial score (nSPS) is 13.2. The Morgan fingerprint density at radius 3 is 2.75 bits per heavy atom. The van der Waals surface area contributed by atoms with E-state index in [-0.39, 0.29) is 6.04 Å². The monoisotopic (exact) mass is 331 g/mol. The summed E-state index contributed by atoms with van der Waals surface area (Å²) >= 11 is 3.70. The summed E-state index contributed by atoms with van der Waals surface area (Å²) in [5.41, 5.74) is 2.17.